The number of hydrogen-bond donors (Lipinski definition) is 1. The molecule has 1 saturated heterocycles. The van der Waals surface area contributed by atoms with Crippen LogP contribution in [-0.4, -0.2) is 60.8 Å². The third kappa shape index (κ3) is 7.39. The van der Waals surface area contributed by atoms with Gasteiger partial charge < -0.3 is 14.7 Å². The topological polar surface area (TPSA) is 35.9 Å². The molecule has 0 radical (unpaired) electrons. The van der Waals surface area contributed by atoms with E-state index in [-0.39, 0.29) is 17.5 Å². The number of hydrogen-bond acceptors (Lipinski definition) is 4. The lowest BCUT2D eigenvalue weighted by Gasteiger charge is -2.35. The highest BCUT2D eigenvalue weighted by Crippen LogP contribution is 2.26. The first-order chi connectivity index (χ1) is 17.0. The smallest absolute Gasteiger partial charge is 0.123 e. The lowest BCUT2D eigenvalue weighted by Crippen LogP contribution is -2.47. The Bertz CT molecular complexity index is 992. The maximum Gasteiger partial charge on any atom is 0.123 e. The molecule has 0 saturated carbocycles. The fourth-order valence-corrected chi connectivity index (χ4v) is 4.35. The van der Waals surface area contributed by atoms with Crippen molar-refractivity contribution in [1.82, 2.24) is 9.80 Å². The molecular weight excluding hydrogens is 453 g/mol. The van der Waals surface area contributed by atoms with Gasteiger partial charge in [-0.15, -0.1) is 0 Å². The minimum Gasteiger partial charge on any atom is -0.388 e. The molecule has 1 atom stereocenters. The summed E-state index contributed by atoms with van der Waals surface area (Å²) in [7, 11) is 0. The largest absolute Gasteiger partial charge is 0.388 e. The summed E-state index contributed by atoms with van der Waals surface area (Å²) in [6, 6.07) is 18.4. The van der Waals surface area contributed by atoms with Crippen LogP contribution in [0.1, 0.15) is 35.3 Å². The first-order valence-electron chi connectivity index (χ1n) is 12.0. The summed E-state index contributed by atoms with van der Waals surface area (Å²) in [4.78, 5) is 4.66. The van der Waals surface area contributed by atoms with E-state index >= 15 is 0 Å². The van der Waals surface area contributed by atoms with E-state index in [1.807, 2.05) is 0 Å². The number of rotatable bonds is 10. The summed E-state index contributed by atoms with van der Waals surface area (Å²) in [6.45, 7) is 5.61. The van der Waals surface area contributed by atoms with Crippen molar-refractivity contribution in [1.29, 1.82) is 0 Å². The van der Waals surface area contributed by atoms with E-state index in [2.05, 4.69) is 9.80 Å². The normalized spacial score (nSPS) is 16.0. The number of halogens is 3. The Hall–Kier alpha value is -2.71. The Balaban J connectivity index is 1.23. The molecule has 1 fully saturated rings. The third-order valence-corrected chi connectivity index (χ3v) is 6.48. The summed E-state index contributed by atoms with van der Waals surface area (Å²) < 4.78 is 46.1. The molecule has 0 spiro atoms. The molecule has 7 heteroatoms. The quantitative estimate of drug-likeness (QED) is 0.442. The van der Waals surface area contributed by atoms with E-state index in [1.165, 1.54) is 36.4 Å². The lowest BCUT2D eigenvalue weighted by molar-refractivity contribution is 0.0426. The minimum atomic E-state index is -0.600. The molecule has 1 heterocycles. The molecule has 3 aromatic rings. The summed E-state index contributed by atoms with van der Waals surface area (Å²) in [6.07, 6.45) is -0.395. The van der Waals surface area contributed by atoms with Crippen LogP contribution in [0.15, 0.2) is 72.8 Å². The van der Waals surface area contributed by atoms with Crippen LogP contribution in [-0.2, 0) is 4.74 Å². The second kappa shape index (κ2) is 12.3. The van der Waals surface area contributed by atoms with Gasteiger partial charge in [-0.3, -0.25) is 4.90 Å². The van der Waals surface area contributed by atoms with Crippen molar-refractivity contribution in [3.05, 3.63) is 107 Å². The van der Waals surface area contributed by atoms with Crippen molar-refractivity contribution >= 4 is 0 Å². The second-order valence-corrected chi connectivity index (χ2v) is 8.89. The monoisotopic (exact) mass is 484 g/mol. The van der Waals surface area contributed by atoms with Crippen molar-refractivity contribution in [3.8, 4) is 0 Å². The SMILES string of the molecule is OC(CCN1CCN(CCOC(c2ccc(F)cc2)c2ccc(F)cc2)CC1)c1ccc(F)cc1. The zero-order valence-corrected chi connectivity index (χ0v) is 19.6. The van der Waals surface area contributed by atoms with Gasteiger partial charge in [-0.25, -0.2) is 13.2 Å². The molecule has 0 aliphatic carbocycles. The molecule has 4 nitrogen and oxygen atoms in total. The number of nitrogens with zero attached hydrogens (tertiary/aromatic N) is 2. The van der Waals surface area contributed by atoms with E-state index in [0.29, 0.717) is 13.0 Å². The van der Waals surface area contributed by atoms with Crippen LogP contribution in [0.3, 0.4) is 0 Å². The van der Waals surface area contributed by atoms with Crippen molar-refractivity contribution < 1.29 is 23.0 Å². The number of aliphatic hydroxyl groups is 1. The fourth-order valence-electron chi connectivity index (χ4n) is 4.35. The average Bonchev–Trinajstić information content (AvgIpc) is 2.88. The summed E-state index contributed by atoms with van der Waals surface area (Å²) in [5, 5.41) is 10.4. The lowest BCUT2D eigenvalue weighted by atomic mass is 10.0. The van der Waals surface area contributed by atoms with Crippen molar-refractivity contribution in [2.75, 3.05) is 45.9 Å². The highest BCUT2D eigenvalue weighted by Gasteiger charge is 2.20. The standard InChI is InChI=1S/C28H31F3N2O2/c29-24-7-1-21(2-8-24)27(34)13-14-32-15-17-33(18-16-32)19-20-35-28(22-3-9-25(30)10-4-22)23-5-11-26(31)12-6-23/h1-12,27-28,34H,13-20H2. The summed E-state index contributed by atoms with van der Waals surface area (Å²) in [5.41, 5.74) is 2.38. The van der Waals surface area contributed by atoms with Gasteiger partial charge >= 0.3 is 0 Å². The summed E-state index contributed by atoms with van der Waals surface area (Å²) in [5.74, 6) is -0.924. The van der Waals surface area contributed by atoms with Crippen LogP contribution in [0.4, 0.5) is 13.2 Å². The van der Waals surface area contributed by atoms with Crippen molar-refractivity contribution in [2.24, 2.45) is 0 Å². The number of ether oxygens (including phenoxy) is 1. The Kier molecular flexibility index (Phi) is 8.93. The van der Waals surface area contributed by atoms with Gasteiger partial charge in [-0.1, -0.05) is 36.4 Å². The van der Waals surface area contributed by atoms with E-state index in [9.17, 15) is 18.3 Å². The van der Waals surface area contributed by atoms with Gasteiger partial charge in [-0.05, 0) is 59.5 Å². The van der Waals surface area contributed by atoms with E-state index in [0.717, 1.165) is 56.0 Å². The van der Waals surface area contributed by atoms with Crippen LogP contribution < -0.4 is 0 Å². The predicted molar refractivity (Wildman–Crippen MR) is 129 cm³/mol. The van der Waals surface area contributed by atoms with E-state index in [4.69, 9.17) is 4.74 Å². The van der Waals surface area contributed by atoms with Crippen molar-refractivity contribution in [3.63, 3.8) is 0 Å². The van der Waals surface area contributed by atoms with Crippen LogP contribution in [0.5, 0.6) is 0 Å². The molecule has 3 aromatic carbocycles. The van der Waals surface area contributed by atoms with E-state index < -0.39 is 12.2 Å². The second-order valence-electron chi connectivity index (χ2n) is 8.89. The van der Waals surface area contributed by atoms with Gasteiger partial charge in [0.05, 0.1) is 12.7 Å². The Morgan fingerprint density at radius 1 is 0.629 bits per heavy atom. The van der Waals surface area contributed by atoms with Crippen molar-refractivity contribution in [2.45, 2.75) is 18.6 Å². The van der Waals surface area contributed by atoms with Crippen LogP contribution in [0, 0.1) is 17.5 Å². The van der Waals surface area contributed by atoms with Crippen LogP contribution >= 0.6 is 0 Å². The third-order valence-electron chi connectivity index (χ3n) is 6.48. The van der Waals surface area contributed by atoms with Gasteiger partial charge in [-0.2, -0.15) is 0 Å². The van der Waals surface area contributed by atoms with Gasteiger partial charge in [0.15, 0.2) is 0 Å². The van der Waals surface area contributed by atoms with Crippen LogP contribution in [0.2, 0.25) is 0 Å². The zero-order chi connectivity index (χ0) is 24.6. The molecule has 0 bridgehead atoms. The highest BCUT2D eigenvalue weighted by atomic mass is 19.1. The van der Waals surface area contributed by atoms with Crippen LogP contribution in [0.25, 0.3) is 0 Å². The number of piperazine rings is 1. The molecule has 0 aromatic heterocycles. The number of aliphatic hydroxyl groups excluding tert-OH is 1. The maximum atomic E-state index is 13.4. The molecule has 1 N–H and O–H groups in total. The maximum absolute atomic E-state index is 13.4. The zero-order valence-electron chi connectivity index (χ0n) is 19.6. The molecule has 1 unspecified atom stereocenters. The van der Waals surface area contributed by atoms with Gasteiger partial charge in [0.2, 0.25) is 0 Å². The molecule has 0 amide bonds. The Morgan fingerprint density at radius 2 is 1.03 bits per heavy atom. The van der Waals surface area contributed by atoms with Gasteiger partial charge in [0.1, 0.15) is 23.6 Å². The summed E-state index contributed by atoms with van der Waals surface area (Å²) >= 11 is 0. The highest BCUT2D eigenvalue weighted by molar-refractivity contribution is 5.30. The molecule has 35 heavy (non-hydrogen) atoms. The van der Waals surface area contributed by atoms with Gasteiger partial charge in [0.25, 0.3) is 0 Å². The average molecular weight is 485 g/mol. The first-order valence-corrected chi connectivity index (χ1v) is 12.0. The predicted octanol–water partition coefficient (Wildman–Crippen LogP) is 4.95. The first kappa shape index (κ1) is 25.4. The number of benzene rings is 3. The molecular formula is C28H31F3N2O2. The molecule has 186 valence electrons. The van der Waals surface area contributed by atoms with E-state index in [1.54, 1.807) is 36.4 Å². The molecule has 4 rings (SSSR count). The molecule has 1 aliphatic rings. The Morgan fingerprint density at radius 3 is 1.49 bits per heavy atom. The van der Waals surface area contributed by atoms with Gasteiger partial charge in [0, 0.05) is 39.3 Å². The fraction of sp³-hybridized carbons (Fsp3) is 0.357. The minimum absolute atomic E-state index is 0.303. The molecule has 1 aliphatic heterocycles. The Labute approximate surface area is 204 Å².